The van der Waals surface area contributed by atoms with Gasteiger partial charge in [-0.25, -0.2) is 4.98 Å². The summed E-state index contributed by atoms with van der Waals surface area (Å²) in [4.78, 5) is 30.4. The highest BCUT2D eigenvalue weighted by atomic mass is 32.1. The van der Waals surface area contributed by atoms with E-state index in [1.165, 1.54) is 17.6 Å². The smallest absolute Gasteiger partial charge is 0.268 e. The third kappa shape index (κ3) is 1.86. The fourth-order valence-corrected chi connectivity index (χ4v) is 2.41. The maximum Gasteiger partial charge on any atom is 0.268 e. The van der Waals surface area contributed by atoms with E-state index in [9.17, 15) is 9.59 Å². The minimum atomic E-state index is -0.211. The first kappa shape index (κ1) is 10.9. The second-order valence-electron chi connectivity index (χ2n) is 3.72. The molecule has 3 aromatic heterocycles. The number of H-pyrrole nitrogens is 1. The Hall–Kier alpha value is -2.21. The van der Waals surface area contributed by atoms with Crippen molar-refractivity contribution in [1.82, 2.24) is 9.97 Å². The summed E-state index contributed by atoms with van der Waals surface area (Å²) in [6.07, 6.45) is 1.46. The van der Waals surface area contributed by atoms with E-state index in [0.29, 0.717) is 16.0 Å². The van der Waals surface area contributed by atoms with Gasteiger partial charge in [0.05, 0.1) is 18.2 Å². The first-order valence-electron chi connectivity index (χ1n) is 5.27. The van der Waals surface area contributed by atoms with Crippen molar-refractivity contribution in [3.63, 3.8) is 0 Å². The average Bonchev–Trinajstić information content (AvgIpc) is 2.99. The van der Waals surface area contributed by atoms with E-state index in [2.05, 4.69) is 9.97 Å². The lowest BCUT2D eigenvalue weighted by Gasteiger charge is -1.98. The molecule has 3 rings (SSSR count). The number of thiophene rings is 1. The second kappa shape index (κ2) is 4.23. The van der Waals surface area contributed by atoms with E-state index in [4.69, 9.17) is 4.42 Å². The van der Waals surface area contributed by atoms with Gasteiger partial charge in [-0.2, -0.15) is 0 Å². The van der Waals surface area contributed by atoms with Crippen LogP contribution >= 0.6 is 11.3 Å². The van der Waals surface area contributed by atoms with Gasteiger partial charge >= 0.3 is 0 Å². The summed E-state index contributed by atoms with van der Waals surface area (Å²) >= 11 is 1.33. The molecule has 0 aliphatic carbocycles. The molecule has 0 saturated heterocycles. The lowest BCUT2D eigenvalue weighted by atomic mass is 10.2. The fourth-order valence-electron chi connectivity index (χ4n) is 1.68. The zero-order valence-electron chi connectivity index (χ0n) is 9.17. The molecule has 0 aliphatic rings. The summed E-state index contributed by atoms with van der Waals surface area (Å²) in [5.41, 5.74) is 0.406. The van der Waals surface area contributed by atoms with Crippen molar-refractivity contribution in [1.29, 1.82) is 0 Å². The van der Waals surface area contributed by atoms with E-state index < -0.39 is 0 Å². The van der Waals surface area contributed by atoms with E-state index in [-0.39, 0.29) is 23.5 Å². The number of aromatic amines is 1. The summed E-state index contributed by atoms with van der Waals surface area (Å²) in [6.45, 7) is 0. The molecule has 0 bridgehead atoms. The Morgan fingerprint density at radius 3 is 3.11 bits per heavy atom. The van der Waals surface area contributed by atoms with Crippen LogP contribution < -0.4 is 5.56 Å². The standard InChI is InChI=1S/C12H8N2O3S/c15-8(9-2-1-4-17-9)6-10-13-7-3-5-18-11(7)12(16)14-10/h1-5H,6H2,(H,13,14,16). The predicted octanol–water partition coefficient (Wildman–Crippen LogP) is 2.00. The molecule has 3 heterocycles. The molecule has 0 saturated carbocycles. The van der Waals surface area contributed by atoms with E-state index in [1.54, 1.807) is 23.6 Å². The highest BCUT2D eigenvalue weighted by Crippen LogP contribution is 2.14. The van der Waals surface area contributed by atoms with Crippen LogP contribution in [0.15, 0.2) is 39.1 Å². The Balaban J connectivity index is 1.95. The van der Waals surface area contributed by atoms with Gasteiger partial charge in [-0.1, -0.05) is 0 Å². The molecule has 90 valence electrons. The molecule has 0 aliphatic heterocycles. The van der Waals surface area contributed by atoms with Crippen LogP contribution in [0.25, 0.3) is 10.2 Å². The normalized spacial score (nSPS) is 10.9. The molecule has 0 spiro atoms. The number of hydrogen-bond donors (Lipinski definition) is 1. The van der Waals surface area contributed by atoms with Crippen LogP contribution in [0, 0.1) is 0 Å². The maximum absolute atomic E-state index is 11.8. The third-order valence-corrected chi connectivity index (χ3v) is 3.39. The minimum absolute atomic E-state index is 0.0224. The van der Waals surface area contributed by atoms with Crippen molar-refractivity contribution in [2.75, 3.05) is 0 Å². The zero-order chi connectivity index (χ0) is 12.5. The number of ketones is 1. The Labute approximate surface area is 105 Å². The van der Waals surface area contributed by atoms with Gasteiger partial charge in [0.1, 0.15) is 10.5 Å². The van der Waals surface area contributed by atoms with Crippen LogP contribution in [0.3, 0.4) is 0 Å². The van der Waals surface area contributed by atoms with E-state index >= 15 is 0 Å². The molecule has 0 fully saturated rings. The summed E-state index contributed by atoms with van der Waals surface area (Å²) in [5.74, 6) is 0.410. The number of hydrogen-bond acceptors (Lipinski definition) is 5. The monoisotopic (exact) mass is 260 g/mol. The topological polar surface area (TPSA) is 76.0 Å². The molecule has 0 amide bonds. The van der Waals surface area contributed by atoms with Gasteiger partial charge in [-0.3, -0.25) is 9.59 Å². The number of nitrogens with zero attached hydrogens (tertiary/aromatic N) is 1. The van der Waals surface area contributed by atoms with Gasteiger partial charge in [0, 0.05) is 0 Å². The van der Waals surface area contributed by atoms with Gasteiger partial charge in [0.25, 0.3) is 5.56 Å². The molecular formula is C12H8N2O3S. The third-order valence-electron chi connectivity index (χ3n) is 2.49. The quantitative estimate of drug-likeness (QED) is 0.731. The molecule has 0 unspecified atom stereocenters. The maximum atomic E-state index is 11.8. The first-order chi connectivity index (χ1) is 8.74. The molecule has 5 nitrogen and oxygen atoms in total. The van der Waals surface area contributed by atoms with Crippen molar-refractivity contribution in [3.05, 3.63) is 51.8 Å². The number of nitrogens with one attached hydrogen (secondary N) is 1. The Kier molecular flexibility index (Phi) is 2.56. The number of fused-ring (bicyclic) bond motifs is 1. The fraction of sp³-hybridized carbons (Fsp3) is 0.0833. The molecule has 3 aromatic rings. The van der Waals surface area contributed by atoms with Gasteiger partial charge in [-0.05, 0) is 23.6 Å². The van der Waals surface area contributed by atoms with Gasteiger partial charge in [-0.15, -0.1) is 11.3 Å². The summed E-state index contributed by atoms with van der Waals surface area (Å²) in [6, 6.07) is 4.99. The molecule has 1 N–H and O–H groups in total. The lowest BCUT2D eigenvalue weighted by Crippen LogP contribution is -2.13. The number of furan rings is 1. The summed E-state index contributed by atoms with van der Waals surface area (Å²) < 4.78 is 5.58. The molecule has 0 atom stereocenters. The molecule has 6 heteroatoms. The van der Waals surface area contributed by atoms with Crippen molar-refractivity contribution in [2.45, 2.75) is 6.42 Å². The van der Waals surface area contributed by atoms with E-state index in [0.717, 1.165) is 0 Å². The van der Waals surface area contributed by atoms with Crippen LogP contribution in [0.5, 0.6) is 0 Å². The van der Waals surface area contributed by atoms with Gasteiger partial charge < -0.3 is 9.40 Å². The van der Waals surface area contributed by atoms with Gasteiger partial charge in [0.15, 0.2) is 5.76 Å². The van der Waals surface area contributed by atoms with E-state index in [1.807, 2.05) is 0 Å². The largest absolute Gasteiger partial charge is 0.461 e. The van der Waals surface area contributed by atoms with Crippen molar-refractivity contribution in [2.24, 2.45) is 0 Å². The summed E-state index contributed by atoms with van der Waals surface area (Å²) in [5, 5.41) is 1.80. The van der Waals surface area contributed by atoms with Crippen LogP contribution in [0.1, 0.15) is 16.4 Å². The van der Waals surface area contributed by atoms with Crippen molar-refractivity contribution >= 4 is 27.3 Å². The number of aromatic nitrogens is 2. The van der Waals surface area contributed by atoms with Crippen LogP contribution in [-0.2, 0) is 6.42 Å². The number of carbonyl (C=O) groups excluding carboxylic acids is 1. The minimum Gasteiger partial charge on any atom is -0.461 e. The number of carbonyl (C=O) groups is 1. The highest BCUT2D eigenvalue weighted by molar-refractivity contribution is 7.17. The number of rotatable bonds is 3. The first-order valence-corrected chi connectivity index (χ1v) is 6.15. The second-order valence-corrected chi connectivity index (χ2v) is 4.64. The molecule has 18 heavy (non-hydrogen) atoms. The lowest BCUT2D eigenvalue weighted by molar-refractivity contribution is 0.0964. The zero-order valence-corrected chi connectivity index (χ0v) is 9.99. The van der Waals surface area contributed by atoms with Crippen molar-refractivity contribution in [3.8, 4) is 0 Å². The predicted molar refractivity (Wildman–Crippen MR) is 67.0 cm³/mol. The van der Waals surface area contributed by atoms with Crippen LogP contribution in [0.2, 0.25) is 0 Å². The Morgan fingerprint density at radius 2 is 2.33 bits per heavy atom. The van der Waals surface area contributed by atoms with Crippen LogP contribution in [0.4, 0.5) is 0 Å². The highest BCUT2D eigenvalue weighted by Gasteiger charge is 2.12. The Morgan fingerprint density at radius 1 is 1.44 bits per heavy atom. The van der Waals surface area contributed by atoms with Crippen molar-refractivity contribution < 1.29 is 9.21 Å². The summed E-state index contributed by atoms with van der Waals surface area (Å²) in [7, 11) is 0. The molecule has 0 aromatic carbocycles. The SMILES string of the molecule is O=C(Cc1nc2ccsc2c(=O)[nH]1)c1ccco1. The van der Waals surface area contributed by atoms with Crippen LogP contribution in [-0.4, -0.2) is 15.8 Å². The number of Topliss-reactive ketones (excluding diaryl/α,β-unsaturated/α-hetero) is 1. The molecular weight excluding hydrogens is 252 g/mol. The van der Waals surface area contributed by atoms with Gasteiger partial charge in [0.2, 0.25) is 5.78 Å². The average molecular weight is 260 g/mol. The Bertz CT molecular complexity index is 755. The molecule has 0 radical (unpaired) electrons.